The number of fused-ring (bicyclic) bond motifs is 6. The molecule has 28 rings (SSSR count). The number of benzene rings is 12. The molecule has 0 unspecified atom stereocenters. The van der Waals surface area contributed by atoms with Crippen LogP contribution in [0.1, 0.15) is 139 Å². The summed E-state index contributed by atoms with van der Waals surface area (Å²) in [7, 11) is 0. The fraction of sp³-hybridized carbons (Fsp3) is 0.179. The molecule has 20 heteroatoms. The van der Waals surface area contributed by atoms with Gasteiger partial charge in [-0.2, -0.15) is 0 Å². The standard InChI is InChI=1S/C112H86N4O16/c1-5-21-65(22-6-1)37-41-69-77-53-79-70(42-38-66-23-7-2-8-24-66)81-55-83-72(44-40-68-27-11-4-12-28-68)84-56-82-71(43-39-67-25-9-3-10-26-67)80-54-78(69)102-110-104(80)124-63-126-106(82)112-108(84)128-64-127-107(83)111-105(81)125-62-123-103(79)109(101(77)121-61-122-102)129-57-117-93-33-17-13-29-73(93)97-85-45-46-86(113-85)98(74-30-14-18-34-94(74)118-58-130-110)88-48-50-90(115-88)100(76-32-16-20-36-96(76)120-60-132-112)92-52-51-91(116-92)99(89-49-47-87(97)114-89)75-31-15-19-35-95(75)119-59-131-111/h1-36,45-56,69-72,113,116H,37-44,57-64H2. The minimum atomic E-state index is -0.644. The molecule has 132 heavy (non-hydrogen) atoms. The quantitative estimate of drug-likeness (QED) is 0.117. The van der Waals surface area contributed by atoms with Gasteiger partial charge in [0.1, 0.15) is 23.0 Å². The number of hydrogen-bond donors (Lipinski definition) is 2. The van der Waals surface area contributed by atoms with Gasteiger partial charge in [0.05, 0.1) is 22.8 Å². The zero-order valence-electron chi connectivity index (χ0n) is 71.8. The SMILES string of the molecule is C1=Cc2nc1c1c3ccc([nH]3)c3c4nc(c5c6ccc([nH]6)c2-c2ccccc2OCOc2c6c7cc8c2OCOc2c(cc9c(c2OCOc2ccccc2-5)OCOc2c(cc5c(c2OCOc2ccccc2-3)OCOc2c(cc(c(c2OCOc2ccccc2-1)OCO6)C7CCc1ccccc1)C5CCc1ccccc1)C9CCc1ccccc1)C8CCc1ccccc1)C=C4. The van der Waals surface area contributed by atoms with Gasteiger partial charge in [0.15, 0.2) is 46.0 Å². The van der Waals surface area contributed by atoms with Crippen LogP contribution in [-0.2, 0) is 25.7 Å². The predicted molar refractivity (Wildman–Crippen MR) is 502 cm³/mol. The van der Waals surface area contributed by atoms with Gasteiger partial charge in [-0.3, -0.25) is 0 Å². The lowest BCUT2D eigenvalue weighted by Crippen LogP contribution is -2.25. The molecule has 20 nitrogen and oxygen atoms in total. The molecule has 650 valence electrons. The second-order valence-corrected chi connectivity index (χ2v) is 34.2. The van der Waals surface area contributed by atoms with Crippen molar-refractivity contribution in [1.29, 1.82) is 0 Å². The number of aromatic amines is 2. The Morgan fingerprint density at radius 2 is 0.394 bits per heavy atom. The van der Waals surface area contributed by atoms with Crippen LogP contribution in [0.3, 0.4) is 0 Å². The second-order valence-electron chi connectivity index (χ2n) is 34.2. The van der Waals surface area contributed by atoms with Crippen LogP contribution in [0.15, 0.2) is 267 Å². The number of nitrogens with one attached hydrogen (secondary N) is 2. The molecule has 0 radical (unpaired) electrons. The Morgan fingerprint density at radius 1 is 0.205 bits per heavy atom. The molecule has 16 heterocycles. The highest BCUT2D eigenvalue weighted by Gasteiger charge is 2.45. The van der Waals surface area contributed by atoms with E-state index in [2.05, 4.69) is 228 Å². The van der Waals surface area contributed by atoms with E-state index in [4.69, 9.17) is 85.8 Å². The Bertz CT molecular complexity index is 6380. The lowest BCUT2D eigenvalue weighted by molar-refractivity contribution is 0.0593. The van der Waals surface area contributed by atoms with E-state index in [-0.39, 0.29) is 77.3 Å². The number of H-pyrrole nitrogens is 2. The van der Waals surface area contributed by atoms with Gasteiger partial charge < -0.3 is 85.8 Å². The summed E-state index contributed by atoms with van der Waals surface area (Å²) in [6.45, 7) is -2.99. The topological polar surface area (TPSA) is 205 Å². The van der Waals surface area contributed by atoms with Crippen molar-refractivity contribution < 1.29 is 75.8 Å². The number of aromatic nitrogens is 4. The molecule has 0 atom stereocenters. The van der Waals surface area contributed by atoms with Crippen LogP contribution in [0.5, 0.6) is 92.0 Å². The fourth-order valence-corrected chi connectivity index (χ4v) is 20.9. The van der Waals surface area contributed by atoms with Gasteiger partial charge in [-0.1, -0.05) is 194 Å². The molecule has 13 aliphatic rings. The van der Waals surface area contributed by atoms with Crippen molar-refractivity contribution in [3.05, 3.63) is 356 Å². The van der Waals surface area contributed by atoms with Crippen LogP contribution < -0.4 is 75.8 Å². The molecule has 13 aliphatic heterocycles. The lowest BCUT2D eigenvalue weighted by atomic mass is 9.75. The summed E-state index contributed by atoms with van der Waals surface area (Å²) in [5.74, 6) is 3.32. The monoisotopic (exact) mass is 1740 g/mol. The van der Waals surface area contributed by atoms with Crippen molar-refractivity contribution in [1.82, 2.24) is 19.9 Å². The molecule has 0 aliphatic carbocycles. The number of ether oxygens (including phenoxy) is 16. The van der Waals surface area contributed by atoms with E-state index >= 15 is 0 Å². The first kappa shape index (κ1) is 78.3. The zero-order valence-corrected chi connectivity index (χ0v) is 71.8. The molecule has 2 N–H and O–H groups in total. The Balaban J connectivity index is 0.884. The van der Waals surface area contributed by atoms with Crippen LogP contribution in [0.2, 0.25) is 0 Å². The summed E-state index contributed by atoms with van der Waals surface area (Å²) in [5, 5.41) is 0. The smallest absolute Gasteiger partial charge is 0.231 e. The Kier molecular flexibility index (Phi) is 19.7. The first-order chi connectivity index (χ1) is 65.5. The van der Waals surface area contributed by atoms with E-state index in [9.17, 15) is 0 Å². The van der Waals surface area contributed by atoms with Crippen LogP contribution in [0.4, 0.5) is 0 Å². The summed E-state index contributed by atoms with van der Waals surface area (Å²) >= 11 is 0. The number of hydrogen-bond acceptors (Lipinski definition) is 18. The Hall–Kier alpha value is -16.0. The maximum absolute atomic E-state index is 7.65. The summed E-state index contributed by atoms with van der Waals surface area (Å²) < 4.78 is 120. The first-order valence-electron chi connectivity index (χ1n) is 45.0. The third-order valence-electron chi connectivity index (χ3n) is 26.9. The van der Waals surface area contributed by atoms with E-state index in [1.807, 2.05) is 72.8 Å². The first-order valence-corrected chi connectivity index (χ1v) is 45.0. The van der Waals surface area contributed by atoms with Crippen LogP contribution >= 0.6 is 0 Å². The molecule has 3 aromatic heterocycles. The summed E-state index contributed by atoms with van der Waals surface area (Å²) in [6, 6.07) is 91.9. The third-order valence-corrected chi connectivity index (χ3v) is 26.9. The minimum Gasteiger partial charge on any atom is -0.457 e. The van der Waals surface area contributed by atoms with Crippen molar-refractivity contribution in [2.75, 3.05) is 54.3 Å². The van der Waals surface area contributed by atoms with Gasteiger partial charge >= 0.3 is 0 Å². The number of aryl methyl sites for hydroxylation is 4. The van der Waals surface area contributed by atoms with Gasteiger partial charge in [-0.15, -0.1) is 0 Å². The van der Waals surface area contributed by atoms with E-state index in [0.717, 1.165) is 66.8 Å². The molecular formula is C112H86N4O16. The van der Waals surface area contributed by atoms with Crippen molar-refractivity contribution in [2.45, 2.75) is 75.0 Å². The van der Waals surface area contributed by atoms with Gasteiger partial charge in [0, 0.05) is 135 Å². The van der Waals surface area contributed by atoms with Gasteiger partial charge in [0.25, 0.3) is 0 Å². The van der Waals surface area contributed by atoms with Crippen LogP contribution in [0, 0.1) is 0 Å². The van der Waals surface area contributed by atoms with Crippen molar-refractivity contribution in [2.24, 2.45) is 0 Å². The predicted octanol–water partition coefficient (Wildman–Crippen LogP) is 24.2. The lowest BCUT2D eigenvalue weighted by Gasteiger charge is -2.37. The van der Waals surface area contributed by atoms with Gasteiger partial charge in [-0.05, 0) is 171 Å². The summed E-state index contributed by atoms with van der Waals surface area (Å²) in [4.78, 5) is 19.7. The highest BCUT2D eigenvalue weighted by molar-refractivity contribution is 6.02. The van der Waals surface area contributed by atoms with Crippen molar-refractivity contribution in [3.8, 4) is 136 Å². The average Bonchev–Trinajstić information content (AvgIpc) is 0.909. The van der Waals surface area contributed by atoms with Gasteiger partial charge in [-0.25, -0.2) is 9.97 Å². The molecule has 0 spiro atoms. The number of para-hydroxylation sites is 4. The Labute approximate surface area is 760 Å². The molecule has 0 saturated heterocycles. The van der Waals surface area contributed by atoms with E-state index in [1.165, 1.54) is 0 Å². The van der Waals surface area contributed by atoms with E-state index < -0.39 is 23.7 Å². The molecule has 15 aromatic rings. The maximum Gasteiger partial charge on any atom is 0.231 e. The molecular weight excluding hydrogens is 1660 g/mol. The highest BCUT2D eigenvalue weighted by Crippen LogP contribution is 2.64. The van der Waals surface area contributed by atoms with E-state index in [0.29, 0.717) is 210 Å². The summed E-state index contributed by atoms with van der Waals surface area (Å²) in [5.41, 5.74) is 21.4. The van der Waals surface area contributed by atoms with Gasteiger partial charge in [0.2, 0.25) is 77.3 Å². The molecule has 32 bridgehead atoms. The molecule has 12 aromatic carbocycles. The summed E-state index contributed by atoms with van der Waals surface area (Å²) in [6.07, 6.45) is 12.4. The van der Waals surface area contributed by atoms with Crippen molar-refractivity contribution in [3.63, 3.8) is 0 Å². The maximum atomic E-state index is 7.65. The van der Waals surface area contributed by atoms with E-state index in [1.54, 1.807) is 0 Å². The normalized spacial score (nSPS) is 16.8. The van der Waals surface area contributed by atoms with Crippen LogP contribution in [-0.4, -0.2) is 74.3 Å². The molecule has 0 fully saturated rings. The van der Waals surface area contributed by atoms with Crippen LogP contribution in [0.25, 0.3) is 90.9 Å². The number of rotatable bonds is 12. The zero-order chi connectivity index (χ0) is 87.1. The fourth-order valence-electron chi connectivity index (χ4n) is 20.9. The third kappa shape index (κ3) is 13.9. The molecule has 0 saturated carbocycles. The largest absolute Gasteiger partial charge is 0.457 e. The van der Waals surface area contributed by atoms with Crippen molar-refractivity contribution >= 4 is 46.4 Å². The Morgan fingerprint density at radius 3 is 0.614 bits per heavy atom. The minimum absolute atomic E-state index is 0.260. The number of nitrogens with zero attached hydrogens (tertiary/aromatic N) is 2. The molecule has 0 amide bonds. The average molecular weight is 1740 g/mol. The second kappa shape index (κ2) is 33.3. The highest BCUT2D eigenvalue weighted by atomic mass is 16.7.